The van der Waals surface area contributed by atoms with E-state index in [0.717, 1.165) is 5.56 Å². The van der Waals surface area contributed by atoms with Crippen molar-refractivity contribution >= 4 is 23.6 Å². The molecule has 3 rings (SSSR count). The van der Waals surface area contributed by atoms with Crippen LogP contribution in [-0.2, 0) is 0 Å². The average Bonchev–Trinajstić information content (AvgIpc) is 2.87. The van der Waals surface area contributed by atoms with Gasteiger partial charge in [0.25, 0.3) is 0 Å². The Morgan fingerprint density at radius 3 is 2.89 bits per heavy atom. The number of nitrogens with zero attached hydrogens (tertiary/aromatic N) is 2. The van der Waals surface area contributed by atoms with Crippen molar-refractivity contribution in [1.82, 2.24) is 4.98 Å². The zero-order valence-electron chi connectivity index (χ0n) is 9.84. The first kappa shape index (κ1) is 11.8. The van der Waals surface area contributed by atoms with Crippen LogP contribution < -0.4 is 14.9 Å². The lowest BCUT2D eigenvalue weighted by Crippen LogP contribution is -1.93. The van der Waals surface area contributed by atoms with E-state index in [-0.39, 0.29) is 6.79 Å². The number of ether oxygens (including phenoxy) is 2. The number of rotatable bonds is 3. The Kier molecular flexibility index (Phi) is 3.20. The molecule has 0 radical (unpaired) electrons. The lowest BCUT2D eigenvalue weighted by atomic mass is 10.2. The summed E-state index contributed by atoms with van der Waals surface area (Å²) in [5.74, 6) is 1.99. The van der Waals surface area contributed by atoms with Crippen LogP contribution in [0.15, 0.2) is 41.6 Å². The molecule has 1 aliphatic heterocycles. The number of nitrogens with one attached hydrogen (secondary N) is 1. The van der Waals surface area contributed by atoms with Crippen LogP contribution >= 0.6 is 11.6 Å². The van der Waals surface area contributed by atoms with Crippen LogP contribution in [0.5, 0.6) is 11.5 Å². The topological polar surface area (TPSA) is 55.7 Å². The fourth-order valence-electron chi connectivity index (χ4n) is 1.63. The van der Waals surface area contributed by atoms with Crippen LogP contribution in [0.4, 0.5) is 5.82 Å². The van der Waals surface area contributed by atoms with E-state index in [1.165, 1.54) is 0 Å². The Bertz CT molecular complexity index is 617. The van der Waals surface area contributed by atoms with E-state index < -0.39 is 0 Å². The van der Waals surface area contributed by atoms with Gasteiger partial charge in [0.2, 0.25) is 6.79 Å². The second-order valence-corrected chi connectivity index (χ2v) is 4.22. The van der Waals surface area contributed by atoms with Gasteiger partial charge in [0.05, 0.1) is 11.2 Å². The number of anilines is 1. The van der Waals surface area contributed by atoms with Crippen molar-refractivity contribution in [2.24, 2.45) is 5.10 Å². The highest BCUT2D eigenvalue weighted by molar-refractivity contribution is 6.33. The number of hydrazone groups is 1. The summed E-state index contributed by atoms with van der Waals surface area (Å²) in [5.41, 5.74) is 3.56. The number of benzene rings is 1. The van der Waals surface area contributed by atoms with Gasteiger partial charge in [-0.05, 0) is 18.2 Å². The van der Waals surface area contributed by atoms with Crippen LogP contribution in [0.2, 0.25) is 5.02 Å². The van der Waals surface area contributed by atoms with Crippen LogP contribution in [0.1, 0.15) is 5.56 Å². The van der Waals surface area contributed by atoms with E-state index in [1.54, 1.807) is 24.5 Å². The van der Waals surface area contributed by atoms with Crippen molar-refractivity contribution in [2.45, 2.75) is 0 Å². The summed E-state index contributed by atoms with van der Waals surface area (Å²) in [7, 11) is 0. The van der Waals surface area contributed by atoms with Gasteiger partial charge in [-0.25, -0.2) is 4.98 Å². The number of hydrogen-bond donors (Lipinski definition) is 1. The lowest BCUT2D eigenvalue weighted by molar-refractivity contribution is 0.174. The minimum atomic E-state index is 0.221. The lowest BCUT2D eigenvalue weighted by Gasteiger charge is -2.01. The Morgan fingerprint density at radius 2 is 2.11 bits per heavy atom. The van der Waals surface area contributed by atoms with Crippen LogP contribution in [0, 0.1) is 0 Å². The van der Waals surface area contributed by atoms with Crippen LogP contribution in [-0.4, -0.2) is 18.0 Å². The van der Waals surface area contributed by atoms with Gasteiger partial charge in [-0.1, -0.05) is 17.7 Å². The van der Waals surface area contributed by atoms with Crippen molar-refractivity contribution < 1.29 is 9.47 Å². The fraction of sp³-hybridized carbons (Fsp3) is 0.0769. The van der Waals surface area contributed by atoms with Crippen molar-refractivity contribution in [1.29, 1.82) is 0 Å². The number of pyridine rings is 1. The van der Waals surface area contributed by atoms with Gasteiger partial charge in [0.15, 0.2) is 11.5 Å². The molecule has 6 heteroatoms. The molecule has 0 unspecified atom stereocenters. The second kappa shape index (κ2) is 5.16. The SMILES string of the molecule is Clc1cc2c(cc1/C=N/Nc1ccccn1)OCO2. The second-order valence-electron chi connectivity index (χ2n) is 3.81. The molecule has 2 aromatic rings. The zero-order valence-corrected chi connectivity index (χ0v) is 10.6. The third-order valence-electron chi connectivity index (χ3n) is 2.54. The molecule has 0 fully saturated rings. The minimum Gasteiger partial charge on any atom is -0.454 e. The first-order valence-corrected chi connectivity index (χ1v) is 6.00. The summed E-state index contributed by atoms with van der Waals surface area (Å²) in [5, 5.41) is 4.63. The Hall–Kier alpha value is -2.27. The number of halogens is 1. The maximum absolute atomic E-state index is 6.12. The van der Waals surface area contributed by atoms with Crippen molar-refractivity contribution in [3.8, 4) is 11.5 Å². The Balaban J connectivity index is 1.76. The largest absolute Gasteiger partial charge is 0.454 e. The minimum absolute atomic E-state index is 0.221. The van der Waals surface area contributed by atoms with E-state index in [9.17, 15) is 0 Å². The van der Waals surface area contributed by atoms with E-state index in [4.69, 9.17) is 21.1 Å². The molecule has 2 heterocycles. The predicted molar refractivity (Wildman–Crippen MR) is 73.0 cm³/mol. The van der Waals surface area contributed by atoms with Crippen LogP contribution in [0.3, 0.4) is 0 Å². The van der Waals surface area contributed by atoms with Crippen LogP contribution in [0.25, 0.3) is 0 Å². The summed E-state index contributed by atoms with van der Waals surface area (Å²) in [4.78, 5) is 4.09. The molecule has 0 amide bonds. The van der Waals surface area contributed by atoms with E-state index in [0.29, 0.717) is 22.3 Å². The third-order valence-corrected chi connectivity index (χ3v) is 2.87. The van der Waals surface area contributed by atoms with Gasteiger partial charge in [-0.3, -0.25) is 5.43 Å². The molecular weight excluding hydrogens is 266 g/mol. The first-order valence-electron chi connectivity index (χ1n) is 5.62. The van der Waals surface area contributed by atoms with Gasteiger partial charge in [-0.2, -0.15) is 5.10 Å². The number of aromatic nitrogens is 1. The van der Waals surface area contributed by atoms with E-state index >= 15 is 0 Å². The molecule has 19 heavy (non-hydrogen) atoms. The molecule has 1 aromatic carbocycles. The smallest absolute Gasteiger partial charge is 0.231 e. The van der Waals surface area contributed by atoms with Crippen molar-refractivity contribution in [3.05, 3.63) is 47.1 Å². The summed E-state index contributed by atoms with van der Waals surface area (Å²) in [6.45, 7) is 0.221. The molecule has 1 aliphatic rings. The molecule has 0 bridgehead atoms. The predicted octanol–water partition coefficient (Wildman–Crippen LogP) is 2.91. The molecule has 0 saturated heterocycles. The highest BCUT2D eigenvalue weighted by atomic mass is 35.5. The molecule has 1 aromatic heterocycles. The summed E-state index contributed by atoms with van der Waals surface area (Å²) in [6.07, 6.45) is 3.30. The normalized spacial score (nSPS) is 12.9. The zero-order chi connectivity index (χ0) is 13.1. The van der Waals surface area contributed by atoms with E-state index in [2.05, 4.69) is 15.5 Å². The van der Waals surface area contributed by atoms with Gasteiger partial charge < -0.3 is 9.47 Å². The molecule has 0 atom stereocenters. The monoisotopic (exact) mass is 275 g/mol. The molecule has 0 spiro atoms. The quantitative estimate of drug-likeness (QED) is 0.691. The third kappa shape index (κ3) is 2.61. The Labute approximate surface area is 114 Å². The average molecular weight is 276 g/mol. The molecule has 96 valence electrons. The molecule has 0 saturated carbocycles. The summed E-state index contributed by atoms with van der Waals surface area (Å²) < 4.78 is 10.5. The van der Waals surface area contributed by atoms with Crippen molar-refractivity contribution in [2.75, 3.05) is 12.2 Å². The highest BCUT2D eigenvalue weighted by Crippen LogP contribution is 2.36. The standard InChI is InChI=1S/C13H10ClN3O2/c14-10-6-12-11(18-8-19-12)5-9(10)7-16-17-13-3-1-2-4-15-13/h1-7H,8H2,(H,15,17)/b16-7+. The number of fused-ring (bicyclic) bond motifs is 1. The summed E-state index contributed by atoms with van der Waals surface area (Å²) >= 11 is 6.12. The van der Waals surface area contributed by atoms with Gasteiger partial charge in [-0.15, -0.1) is 0 Å². The summed E-state index contributed by atoms with van der Waals surface area (Å²) in [6, 6.07) is 9.03. The maximum atomic E-state index is 6.12. The van der Waals surface area contributed by atoms with Gasteiger partial charge >= 0.3 is 0 Å². The molecule has 5 nitrogen and oxygen atoms in total. The highest BCUT2D eigenvalue weighted by Gasteiger charge is 2.15. The molecule has 1 N–H and O–H groups in total. The van der Waals surface area contributed by atoms with Gasteiger partial charge in [0.1, 0.15) is 5.82 Å². The molecular formula is C13H10ClN3O2. The van der Waals surface area contributed by atoms with Gasteiger partial charge in [0, 0.05) is 17.8 Å². The van der Waals surface area contributed by atoms with Crippen molar-refractivity contribution in [3.63, 3.8) is 0 Å². The number of hydrogen-bond acceptors (Lipinski definition) is 5. The fourth-order valence-corrected chi connectivity index (χ4v) is 1.83. The van der Waals surface area contributed by atoms with E-state index in [1.807, 2.05) is 18.2 Å². The molecule has 0 aliphatic carbocycles. The first-order chi connectivity index (χ1) is 9.33. The Morgan fingerprint density at radius 1 is 1.26 bits per heavy atom. The maximum Gasteiger partial charge on any atom is 0.231 e.